The zero-order valence-electron chi connectivity index (χ0n) is 15.4. The number of hydrogen-bond donors (Lipinski definition) is 1. The van der Waals surface area contributed by atoms with Gasteiger partial charge in [-0.05, 0) is 49.2 Å². The number of nitrogens with zero attached hydrogens (tertiary/aromatic N) is 1. The van der Waals surface area contributed by atoms with Crippen LogP contribution < -0.4 is 9.62 Å². The van der Waals surface area contributed by atoms with Crippen molar-refractivity contribution in [2.75, 3.05) is 15.4 Å². The Bertz CT molecular complexity index is 1080. The standard InChI is InChI=1S/C19H18Cl2N2O4S/c1-10-6-11(2)17(15(21)7-10)22-18(24)13-4-5-14(20)16(8-13)23-19(25)12(3)9-28(23,26)27/h4-8,12H,9H2,1-3H3,(H,22,24). The van der Waals surface area contributed by atoms with Crippen LogP contribution in [0.1, 0.15) is 28.4 Å². The first-order valence-corrected chi connectivity index (χ1v) is 10.8. The van der Waals surface area contributed by atoms with E-state index >= 15 is 0 Å². The zero-order chi connectivity index (χ0) is 20.8. The minimum absolute atomic E-state index is 0.0320. The first kappa shape index (κ1) is 20.6. The fourth-order valence-corrected chi connectivity index (χ4v) is 5.59. The van der Waals surface area contributed by atoms with Crippen molar-refractivity contribution in [3.8, 4) is 0 Å². The molecule has 0 aromatic heterocycles. The Kier molecular flexibility index (Phi) is 5.44. The van der Waals surface area contributed by atoms with Crippen LogP contribution in [-0.2, 0) is 14.8 Å². The van der Waals surface area contributed by atoms with Crippen molar-refractivity contribution in [3.05, 3.63) is 57.1 Å². The summed E-state index contributed by atoms with van der Waals surface area (Å²) in [5, 5.41) is 3.19. The van der Waals surface area contributed by atoms with Gasteiger partial charge in [-0.25, -0.2) is 12.7 Å². The van der Waals surface area contributed by atoms with E-state index in [1.54, 1.807) is 6.07 Å². The van der Waals surface area contributed by atoms with Crippen LogP contribution in [0, 0.1) is 19.8 Å². The molecule has 9 heteroatoms. The van der Waals surface area contributed by atoms with Gasteiger partial charge in [0.1, 0.15) is 0 Å². The Labute approximate surface area is 173 Å². The highest BCUT2D eigenvalue weighted by Gasteiger charge is 2.43. The Morgan fingerprint density at radius 3 is 2.39 bits per heavy atom. The third kappa shape index (κ3) is 3.74. The summed E-state index contributed by atoms with van der Waals surface area (Å²) in [5.41, 5.74) is 2.33. The molecule has 1 unspecified atom stereocenters. The molecule has 0 radical (unpaired) electrons. The van der Waals surface area contributed by atoms with Gasteiger partial charge in [-0.1, -0.05) is 36.2 Å². The first-order chi connectivity index (χ1) is 13.0. The van der Waals surface area contributed by atoms with Crippen LogP contribution in [-0.4, -0.2) is 26.0 Å². The summed E-state index contributed by atoms with van der Waals surface area (Å²) in [6, 6.07) is 7.75. The van der Waals surface area contributed by atoms with E-state index in [4.69, 9.17) is 23.2 Å². The summed E-state index contributed by atoms with van der Waals surface area (Å²) < 4.78 is 25.4. The van der Waals surface area contributed by atoms with Gasteiger partial charge in [-0.3, -0.25) is 9.59 Å². The third-order valence-corrected chi connectivity index (χ3v) is 6.93. The van der Waals surface area contributed by atoms with Gasteiger partial charge < -0.3 is 5.32 Å². The number of aryl methyl sites for hydroxylation is 2. The lowest BCUT2D eigenvalue weighted by atomic mass is 10.1. The van der Waals surface area contributed by atoms with Crippen LogP contribution >= 0.6 is 23.2 Å². The molecule has 0 bridgehead atoms. The largest absolute Gasteiger partial charge is 0.320 e. The molecule has 148 valence electrons. The van der Waals surface area contributed by atoms with Crippen molar-refractivity contribution in [2.24, 2.45) is 5.92 Å². The van der Waals surface area contributed by atoms with E-state index in [0.29, 0.717) is 15.0 Å². The van der Waals surface area contributed by atoms with E-state index in [1.165, 1.54) is 25.1 Å². The molecule has 6 nitrogen and oxygen atoms in total. The van der Waals surface area contributed by atoms with Crippen LogP contribution in [0.5, 0.6) is 0 Å². The fourth-order valence-electron chi connectivity index (χ4n) is 3.14. The molecule has 2 amide bonds. The van der Waals surface area contributed by atoms with E-state index in [9.17, 15) is 18.0 Å². The van der Waals surface area contributed by atoms with E-state index in [2.05, 4.69) is 5.32 Å². The molecule has 2 aromatic rings. The lowest BCUT2D eigenvalue weighted by molar-refractivity contribution is -0.119. The van der Waals surface area contributed by atoms with Gasteiger partial charge in [-0.2, -0.15) is 0 Å². The molecular formula is C19H18Cl2N2O4S. The number of rotatable bonds is 3. The number of amides is 2. The zero-order valence-corrected chi connectivity index (χ0v) is 17.7. The van der Waals surface area contributed by atoms with Crippen LogP contribution in [0.3, 0.4) is 0 Å². The van der Waals surface area contributed by atoms with Gasteiger partial charge in [0.25, 0.3) is 5.91 Å². The second-order valence-corrected chi connectivity index (χ2v) is 9.52. The molecule has 0 aliphatic carbocycles. The lowest BCUT2D eigenvalue weighted by Gasteiger charge is -2.18. The number of carbonyl (C=O) groups excluding carboxylic acids is 2. The molecule has 2 aromatic carbocycles. The smallest absolute Gasteiger partial charge is 0.255 e. The van der Waals surface area contributed by atoms with Gasteiger partial charge in [0.05, 0.1) is 33.1 Å². The maximum atomic E-state index is 12.7. The van der Waals surface area contributed by atoms with Crippen LogP contribution in [0.15, 0.2) is 30.3 Å². The summed E-state index contributed by atoms with van der Waals surface area (Å²) in [4.78, 5) is 25.1. The number of anilines is 2. The van der Waals surface area contributed by atoms with Gasteiger partial charge in [0.15, 0.2) is 0 Å². The van der Waals surface area contributed by atoms with Gasteiger partial charge in [-0.15, -0.1) is 0 Å². The van der Waals surface area contributed by atoms with Crippen molar-refractivity contribution < 1.29 is 18.0 Å². The van der Waals surface area contributed by atoms with E-state index in [-0.39, 0.29) is 22.0 Å². The number of benzene rings is 2. The SMILES string of the molecule is Cc1cc(C)c(NC(=O)c2ccc(Cl)c(N3C(=O)C(C)CS3(=O)=O)c2)c(Cl)c1. The Hall–Kier alpha value is -2.09. The predicted octanol–water partition coefficient (Wildman–Crippen LogP) is 4.18. The normalized spacial score (nSPS) is 18.4. The predicted molar refractivity (Wildman–Crippen MR) is 111 cm³/mol. The molecule has 28 heavy (non-hydrogen) atoms. The van der Waals surface area contributed by atoms with Crippen molar-refractivity contribution >= 4 is 56.4 Å². The number of carbonyl (C=O) groups is 2. The average Bonchev–Trinajstić information content (AvgIpc) is 2.79. The highest BCUT2D eigenvalue weighted by molar-refractivity contribution is 7.94. The molecule has 3 rings (SSSR count). The highest BCUT2D eigenvalue weighted by atomic mass is 35.5. The molecule has 1 aliphatic rings. The second-order valence-electron chi connectivity index (χ2n) is 6.84. The molecule has 1 heterocycles. The topological polar surface area (TPSA) is 83.6 Å². The summed E-state index contributed by atoms with van der Waals surface area (Å²) in [6.07, 6.45) is 0. The maximum absolute atomic E-state index is 12.7. The van der Waals surface area contributed by atoms with E-state index in [0.717, 1.165) is 11.1 Å². The molecule has 1 aliphatic heterocycles. The van der Waals surface area contributed by atoms with Crippen LogP contribution in [0.4, 0.5) is 11.4 Å². The quantitative estimate of drug-likeness (QED) is 0.775. The molecule has 0 saturated carbocycles. The number of hydrogen-bond acceptors (Lipinski definition) is 4. The molecular weight excluding hydrogens is 423 g/mol. The Morgan fingerprint density at radius 1 is 1.14 bits per heavy atom. The monoisotopic (exact) mass is 440 g/mol. The van der Waals surface area contributed by atoms with Crippen molar-refractivity contribution in [1.82, 2.24) is 0 Å². The molecule has 1 atom stereocenters. The maximum Gasteiger partial charge on any atom is 0.255 e. The van der Waals surface area contributed by atoms with E-state index in [1.807, 2.05) is 19.9 Å². The van der Waals surface area contributed by atoms with E-state index < -0.39 is 27.8 Å². The molecule has 1 N–H and O–H groups in total. The summed E-state index contributed by atoms with van der Waals surface area (Å²) in [6.45, 7) is 5.25. The number of nitrogens with one attached hydrogen (secondary N) is 1. The number of sulfonamides is 1. The van der Waals surface area contributed by atoms with Crippen molar-refractivity contribution in [2.45, 2.75) is 20.8 Å². The van der Waals surface area contributed by atoms with Crippen molar-refractivity contribution in [3.63, 3.8) is 0 Å². The Balaban J connectivity index is 1.98. The van der Waals surface area contributed by atoms with Gasteiger partial charge >= 0.3 is 0 Å². The fraction of sp³-hybridized carbons (Fsp3) is 0.263. The minimum Gasteiger partial charge on any atom is -0.320 e. The summed E-state index contributed by atoms with van der Waals surface area (Å²) in [7, 11) is -3.83. The van der Waals surface area contributed by atoms with Crippen LogP contribution in [0.25, 0.3) is 0 Å². The summed E-state index contributed by atoms with van der Waals surface area (Å²) in [5.74, 6) is -2.04. The number of halogens is 2. The minimum atomic E-state index is -3.83. The van der Waals surface area contributed by atoms with Gasteiger partial charge in [0.2, 0.25) is 15.9 Å². The van der Waals surface area contributed by atoms with Gasteiger partial charge in [0, 0.05) is 5.56 Å². The molecule has 1 fully saturated rings. The first-order valence-electron chi connectivity index (χ1n) is 8.46. The Morgan fingerprint density at radius 2 is 1.82 bits per heavy atom. The highest BCUT2D eigenvalue weighted by Crippen LogP contribution is 2.35. The van der Waals surface area contributed by atoms with Crippen LogP contribution in [0.2, 0.25) is 10.0 Å². The third-order valence-electron chi connectivity index (χ3n) is 4.46. The summed E-state index contributed by atoms with van der Waals surface area (Å²) >= 11 is 12.4. The molecule has 0 spiro atoms. The molecule has 1 saturated heterocycles. The lowest BCUT2D eigenvalue weighted by Crippen LogP contribution is -2.30. The second kappa shape index (κ2) is 7.39. The van der Waals surface area contributed by atoms with Crippen molar-refractivity contribution in [1.29, 1.82) is 0 Å². The average molecular weight is 441 g/mol.